The molecule has 4 heteroatoms. The highest BCUT2D eigenvalue weighted by Gasteiger charge is 2.37. The van der Waals surface area contributed by atoms with Crippen LogP contribution < -0.4 is 10.6 Å². The summed E-state index contributed by atoms with van der Waals surface area (Å²) in [5.74, 6) is 1.00. The van der Waals surface area contributed by atoms with Gasteiger partial charge in [0.15, 0.2) is 5.76 Å². The van der Waals surface area contributed by atoms with Gasteiger partial charge in [0.2, 0.25) is 0 Å². The maximum absolute atomic E-state index is 12.5. The van der Waals surface area contributed by atoms with E-state index in [4.69, 9.17) is 4.42 Å². The highest BCUT2D eigenvalue weighted by molar-refractivity contribution is 5.91. The monoisotopic (exact) mass is 444 g/mol. The Labute approximate surface area is 197 Å². The predicted octanol–water partition coefficient (Wildman–Crippen LogP) is 6.37. The van der Waals surface area contributed by atoms with Crippen molar-refractivity contribution in [2.75, 3.05) is 18.4 Å². The Hall–Kier alpha value is -3.01. The van der Waals surface area contributed by atoms with Gasteiger partial charge in [-0.15, -0.1) is 0 Å². The number of hydrogen-bond donors (Lipinski definition) is 2. The van der Waals surface area contributed by atoms with Crippen LogP contribution in [0.5, 0.6) is 0 Å². The number of rotatable bonds is 7. The summed E-state index contributed by atoms with van der Waals surface area (Å²) in [5.41, 5.74) is 6.91. The van der Waals surface area contributed by atoms with Crippen LogP contribution in [0.1, 0.15) is 79.1 Å². The summed E-state index contributed by atoms with van der Waals surface area (Å²) >= 11 is 0. The van der Waals surface area contributed by atoms with Gasteiger partial charge < -0.3 is 15.1 Å². The van der Waals surface area contributed by atoms with E-state index in [0.29, 0.717) is 25.3 Å². The lowest BCUT2D eigenvalue weighted by Gasteiger charge is -2.42. The summed E-state index contributed by atoms with van der Waals surface area (Å²) in [6.07, 6.45) is 3.10. The quantitative estimate of drug-likeness (QED) is 0.416. The first kappa shape index (κ1) is 23.2. The number of anilines is 1. The molecule has 2 N–H and O–H groups in total. The molecule has 0 fully saturated rings. The predicted molar refractivity (Wildman–Crippen MR) is 135 cm³/mol. The van der Waals surface area contributed by atoms with Crippen LogP contribution in [0, 0.1) is 6.92 Å². The Bertz CT molecular complexity index is 1130. The second-order valence-electron chi connectivity index (χ2n) is 10.6. The molecule has 33 heavy (non-hydrogen) atoms. The van der Waals surface area contributed by atoms with Crippen molar-refractivity contribution in [1.82, 2.24) is 5.32 Å². The van der Waals surface area contributed by atoms with Crippen LogP contribution in [-0.4, -0.2) is 19.0 Å². The molecule has 1 aromatic heterocycles. The van der Waals surface area contributed by atoms with E-state index in [0.717, 1.165) is 11.4 Å². The fourth-order valence-corrected chi connectivity index (χ4v) is 4.77. The highest BCUT2D eigenvalue weighted by Crippen LogP contribution is 2.46. The first-order chi connectivity index (χ1) is 15.7. The fourth-order valence-electron chi connectivity index (χ4n) is 4.77. The van der Waals surface area contributed by atoms with Gasteiger partial charge in [0, 0.05) is 25.2 Å². The molecule has 4 nitrogen and oxygen atoms in total. The molecule has 3 aromatic rings. The SMILES string of the molecule is Cc1cc2c(cc1Cc1ccc(C(=O)NCCNc3ccccc3)o1)C(C)(C)CCC2(C)C. The third-order valence-corrected chi connectivity index (χ3v) is 7.07. The van der Waals surface area contributed by atoms with Crippen LogP contribution in [0.2, 0.25) is 0 Å². The van der Waals surface area contributed by atoms with Crippen molar-refractivity contribution in [3.8, 4) is 0 Å². The van der Waals surface area contributed by atoms with E-state index in [1.807, 2.05) is 36.4 Å². The number of carbonyl (C=O) groups is 1. The van der Waals surface area contributed by atoms with Crippen LogP contribution in [0.4, 0.5) is 5.69 Å². The average molecular weight is 445 g/mol. The number of furan rings is 1. The molecule has 0 aliphatic heterocycles. The van der Waals surface area contributed by atoms with E-state index in [1.165, 1.54) is 35.1 Å². The molecule has 0 saturated carbocycles. The molecule has 1 aliphatic carbocycles. The maximum Gasteiger partial charge on any atom is 0.287 e. The van der Waals surface area contributed by atoms with E-state index in [-0.39, 0.29) is 16.7 Å². The van der Waals surface area contributed by atoms with E-state index in [9.17, 15) is 4.79 Å². The normalized spacial score (nSPS) is 16.2. The zero-order valence-electron chi connectivity index (χ0n) is 20.5. The number of carbonyl (C=O) groups excluding carboxylic acids is 1. The van der Waals surface area contributed by atoms with Crippen LogP contribution in [-0.2, 0) is 17.3 Å². The highest BCUT2D eigenvalue weighted by atomic mass is 16.3. The summed E-state index contributed by atoms with van der Waals surface area (Å²) < 4.78 is 5.92. The van der Waals surface area contributed by atoms with Gasteiger partial charge in [-0.1, -0.05) is 58.0 Å². The average Bonchev–Trinajstić information content (AvgIpc) is 3.25. The van der Waals surface area contributed by atoms with Gasteiger partial charge in [0.25, 0.3) is 5.91 Å². The second kappa shape index (κ2) is 9.09. The molecule has 0 spiro atoms. The number of para-hydroxylation sites is 1. The molecule has 0 saturated heterocycles. The lowest BCUT2D eigenvalue weighted by Crippen LogP contribution is -2.34. The topological polar surface area (TPSA) is 54.3 Å². The Morgan fingerprint density at radius 3 is 2.27 bits per heavy atom. The van der Waals surface area contributed by atoms with Crippen molar-refractivity contribution >= 4 is 11.6 Å². The number of nitrogens with one attached hydrogen (secondary N) is 2. The van der Waals surface area contributed by atoms with Gasteiger partial charge in [-0.05, 0) is 77.1 Å². The van der Waals surface area contributed by atoms with Crippen molar-refractivity contribution in [3.63, 3.8) is 0 Å². The third-order valence-electron chi connectivity index (χ3n) is 7.07. The minimum absolute atomic E-state index is 0.176. The molecular weight excluding hydrogens is 408 g/mol. The Morgan fingerprint density at radius 1 is 0.909 bits per heavy atom. The van der Waals surface area contributed by atoms with Crippen LogP contribution >= 0.6 is 0 Å². The van der Waals surface area contributed by atoms with Gasteiger partial charge >= 0.3 is 0 Å². The van der Waals surface area contributed by atoms with E-state index in [2.05, 4.69) is 57.4 Å². The lowest BCUT2D eigenvalue weighted by molar-refractivity contribution is 0.0926. The smallest absolute Gasteiger partial charge is 0.287 e. The summed E-state index contributed by atoms with van der Waals surface area (Å²) in [4.78, 5) is 12.5. The number of hydrogen-bond acceptors (Lipinski definition) is 3. The summed E-state index contributed by atoms with van der Waals surface area (Å²) in [7, 11) is 0. The molecule has 4 rings (SSSR count). The van der Waals surface area contributed by atoms with Crippen LogP contribution in [0.15, 0.2) is 59.0 Å². The Balaban J connectivity index is 1.41. The first-order valence-electron chi connectivity index (χ1n) is 12.0. The summed E-state index contributed by atoms with van der Waals surface area (Å²) in [6, 6.07) is 18.4. The van der Waals surface area contributed by atoms with Crippen molar-refractivity contribution in [2.24, 2.45) is 0 Å². The molecule has 0 radical (unpaired) electrons. The molecule has 0 bridgehead atoms. The largest absolute Gasteiger partial charge is 0.456 e. The van der Waals surface area contributed by atoms with Crippen LogP contribution in [0.3, 0.4) is 0 Å². The molecule has 0 atom stereocenters. The Morgan fingerprint density at radius 2 is 1.58 bits per heavy atom. The fraction of sp³-hybridized carbons (Fsp3) is 0.414. The van der Waals surface area contributed by atoms with Crippen LogP contribution in [0.25, 0.3) is 0 Å². The van der Waals surface area contributed by atoms with Crippen molar-refractivity contribution in [3.05, 3.63) is 88.4 Å². The van der Waals surface area contributed by atoms with Gasteiger partial charge in [0.05, 0.1) is 0 Å². The molecular formula is C29H36N2O2. The molecule has 1 amide bonds. The minimum atomic E-state index is -0.179. The molecule has 1 heterocycles. The number of amides is 1. The zero-order valence-corrected chi connectivity index (χ0v) is 20.5. The number of fused-ring (bicyclic) bond motifs is 1. The van der Waals surface area contributed by atoms with E-state index < -0.39 is 0 Å². The third kappa shape index (κ3) is 5.16. The maximum atomic E-state index is 12.5. The van der Waals surface area contributed by atoms with E-state index >= 15 is 0 Å². The lowest BCUT2D eigenvalue weighted by atomic mass is 9.62. The van der Waals surface area contributed by atoms with Crippen molar-refractivity contribution in [1.29, 1.82) is 0 Å². The van der Waals surface area contributed by atoms with Crippen molar-refractivity contribution in [2.45, 2.75) is 64.7 Å². The van der Waals surface area contributed by atoms with Gasteiger partial charge in [-0.2, -0.15) is 0 Å². The second-order valence-corrected chi connectivity index (χ2v) is 10.6. The number of aryl methyl sites for hydroxylation is 1. The minimum Gasteiger partial charge on any atom is -0.456 e. The zero-order chi connectivity index (χ0) is 23.6. The Kier molecular flexibility index (Phi) is 6.38. The standard InChI is InChI=1S/C29H36N2O2/c1-20-17-24-25(29(4,5)14-13-28(24,2)3)19-21(20)18-23-11-12-26(33-23)27(32)31-16-15-30-22-9-7-6-8-10-22/h6-12,17,19,30H,13-16,18H2,1-5H3,(H,31,32). The van der Waals surface area contributed by atoms with Gasteiger partial charge in [-0.25, -0.2) is 0 Å². The van der Waals surface area contributed by atoms with Crippen molar-refractivity contribution < 1.29 is 9.21 Å². The van der Waals surface area contributed by atoms with Gasteiger partial charge in [0.1, 0.15) is 5.76 Å². The molecule has 0 unspecified atom stereocenters. The summed E-state index contributed by atoms with van der Waals surface area (Å²) in [5, 5.41) is 6.21. The summed E-state index contributed by atoms with van der Waals surface area (Å²) in [6.45, 7) is 12.8. The molecule has 2 aromatic carbocycles. The first-order valence-corrected chi connectivity index (χ1v) is 12.0. The van der Waals surface area contributed by atoms with E-state index in [1.54, 1.807) is 6.07 Å². The molecule has 174 valence electrons. The number of benzene rings is 2. The molecule has 1 aliphatic rings. The van der Waals surface area contributed by atoms with Gasteiger partial charge in [-0.3, -0.25) is 4.79 Å².